The first kappa shape index (κ1) is 22.4. The topological polar surface area (TPSA) is 46.2 Å². The van der Waals surface area contributed by atoms with Gasteiger partial charge in [-0.3, -0.25) is 0 Å². The van der Waals surface area contributed by atoms with E-state index in [-0.39, 0.29) is 0 Å². The van der Waals surface area contributed by atoms with E-state index in [9.17, 15) is 26.0 Å². The average molecular weight is 467 g/mol. The Morgan fingerprint density at radius 1 is 1.03 bits per heavy atom. The first-order valence-electron chi connectivity index (χ1n) is 9.64. The zero-order valence-electron chi connectivity index (χ0n) is 16.7. The molecule has 0 saturated heterocycles. The third-order valence-corrected chi connectivity index (χ3v) is 7.13. The predicted octanol–water partition coefficient (Wildman–Crippen LogP) is 5.68. The Balaban J connectivity index is 1.69. The van der Waals surface area contributed by atoms with E-state index in [0.29, 0.717) is 17.7 Å². The van der Waals surface area contributed by atoms with Crippen LogP contribution in [0.4, 0.5) is 22.0 Å². The smallest absolute Gasteiger partial charge is 0.236 e. The van der Waals surface area contributed by atoms with Gasteiger partial charge >= 0.3 is 6.18 Å². The fourth-order valence-electron chi connectivity index (χ4n) is 4.08. The van der Waals surface area contributed by atoms with E-state index in [4.69, 9.17) is 0 Å². The summed E-state index contributed by atoms with van der Waals surface area (Å²) in [5, 5.41) is 0. The number of rotatable bonds is 4. The number of alkyl halides is 4. The van der Waals surface area contributed by atoms with Crippen LogP contribution in [0.3, 0.4) is 0 Å². The summed E-state index contributed by atoms with van der Waals surface area (Å²) in [5.41, 5.74) is -1.35. The maximum Gasteiger partial charge on any atom is 0.416 e. The van der Waals surface area contributed by atoms with Crippen molar-refractivity contribution in [2.24, 2.45) is 0 Å². The lowest BCUT2D eigenvalue weighted by Gasteiger charge is -2.36. The van der Waals surface area contributed by atoms with Crippen molar-refractivity contribution in [2.45, 2.75) is 35.6 Å². The summed E-state index contributed by atoms with van der Waals surface area (Å²) in [6.07, 6.45) is -0.245. The molecule has 1 N–H and O–H groups in total. The minimum Gasteiger partial charge on any atom is -0.236 e. The predicted molar refractivity (Wildman–Crippen MR) is 111 cm³/mol. The van der Waals surface area contributed by atoms with Crippen molar-refractivity contribution in [3.05, 3.63) is 95.4 Å². The molecule has 2 aliphatic carbocycles. The highest BCUT2D eigenvalue weighted by atomic mass is 32.2. The molecule has 0 radical (unpaired) electrons. The molecule has 2 aliphatic rings. The summed E-state index contributed by atoms with van der Waals surface area (Å²) in [6.45, 7) is 1.78. The summed E-state index contributed by atoms with van der Waals surface area (Å²) >= 11 is 0. The average Bonchev–Trinajstić information content (AvgIpc) is 3.07. The highest BCUT2D eigenvalue weighted by Gasteiger charge is 2.49. The van der Waals surface area contributed by atoms with Gasteiger partial charge in [0.05, 0.1) is 16.5 Å². The van der Waals surface area contributed by atoms with Crippen molar-refractivity contribution in [3.63, 3.8) is 0 Å². The van der Waals surface area contributed by atoms with Crippen LogP contribution in [-0.2, 0) is 16.2 Å². The van der Waals surface area contributed by atoms with Crippen molar-refractivity contribution < 1.29 is 30.4 Å². The fourth-order valence-corrected chi connectivity index (χ4v) is 5.30. The summed E-state index contributed by atoms with van der Waals surface area (Å²) in [5.74, 6) is -1.82. The zero-order chi connectivity index (χ0) is 23.3. The number of hydrogen-bond donors (Lipinski definition) is 1. The minimum atomic E-state index is -4.63. The van der Waals surface area contributed by atoms with E-state index < -0.39 is 50.1 Å². The molecule has 3 atom stereocenters. The first-order chi connectivity index (χ1) is 14.9. The molecule has 0 amide bonds. The van der Waals surface area contributed by atoms with E-state index in [0.717, 1.165) is 41.5 Å². The Hall–Kier alpha value is -2.78. The Morgan fingerprint density at radius 3 is 2.34 bits per heavy atom. The summed E-state index contributed by atoms with van der Waals surface area (Å²) in [7, 11) is -4.41. The number of halogens is 5. The zero-order valence-corrected chi connectivity index (χ0v) is 17.5. The number of benzene rings is 2. The van der Waals surface area contributed by atoms with Gasteiger partial charge in [0.1, 0.15) is 5.83 Å². The normalized spacial score (nSPS) is 25.3. The van der Waals surface area contributed by atoms with Gasteiger partial charge in [0.15, 0.2) is 5.67 Å². The quantitative estimate of drug-likeness (QED) is 0.588. The van der Waals surface area contributed by atoms with E-state index in [2.05, 4.69) is 4.72 Å². The third kappa shape index (κ3) is 3.91. The van der Waals surface area contributed by atoms with Crippen molar-refractivity contribution in [1.82, 2.24) is 4.72 Å². The molecule has 2 aromatic carbocycles. The summed E-state index contributed by atoms with van der Waals surface area (Å²) in [4.78, 5) is -0.463. The Kier molecular flexibility index (Phi) is 5.37. The van der Waals surface area contributed by atoms with Crippen LogP contribution in [-0.4, -0.2) is 20.1 Å². The molecule has 0 saturated carbocycles. The van der Waals surface area contributed by atoms with Gasteiger partial charge in [0, 0.05) is 5.92 Å². The van der Waals surface area contributed by atoms with Crippen LogP contribution in [0, 0.1) is 0 Å². The van der Waals surface area contributed by atoms with Gasteiger partial charge in [-0.15, -0.1) is 0 Å². The Morgan fingerprint density at radius 2 is 1.69 bits per heavy atom. The number of hydrogen-bond acceptors (Lipinski definition) is 2. The largest absolute Gasteiger partial charge is 0.416 e. The highest BCUT2D eigenvalue weighted by molar-refractivity contribution is 7.89. The molecular formula is C23H18F5NO2S. The van der Waals surface area contributed by atoms with Crippen LogP contribution in [0.1, 0.15) is 29.5 Å². The van der Waals surface area contributed by atoms with Crippen LogP contribution in [0.15, 0.2) is 83.6 Å². The maximum absolute atomic E-state index is 16.4. The molecule has 3 nitrogen and oxygen atoms in total. The summed E-state index contributed by atoms with van der Waals surface area (Å²) in [6, 6.07) is 8.35. The van der Waals surface area contributed by atoms with Crippen molar-refractivity contribution in [1.29, 1.82) is 0 Å². The number of nitrogens with one attached hydrogen (secondary N) is 1. The van der Waals surface area contributed by atoms with Gasteiger partial charge in [-0.25, -0.2) is 21.9 Å². The molecule has 0 aliphatic heterocycles. The lowest BCUT2D eigenvalue weighted by atomic mass is 9.78. The molecule has 32 heavy (non-hydrogen) atoms. The Bertz CT molecular complexity index is 1250. The second-order valence-corrected chi connectivity index (χ2v) is 9.47. The summed E-state index contributed by atoms with van der Waals surface area (Å²) < 4.78 is 96.7. The lowest BCUT2D eigenvalue weighted by molar-refractivity contribution is -0.137. The molecule has 168 valence electrons. The van der Waals surface area contributed by atoms with E-state index in [1.54, 1.807) is 37.3 Å². The van der Waals surface area contributed by atoms with Gasteiger partial charge < -0.3 is 0 Å². The van der Waals surface area contributed by atoms with E-state index >= 15 is 4.39 Å². The Labute approximate surface area is 182 Å². The lowest BCUT2D eigenvalue weighted by Crippen LogP contribution is -2.51. The maximum atomic E-state index is 16.4. The standard InChI is InChI=1S/C23H18F5NO2S/c1-14-12-20(19-5-3-2-4-18(14)19)22(25)13-16(24)8-11-21(22)29-32(30,31)17-9-6-15(7-10-17)23(26,27)28/h2-13,20-21,29H,1H3. The number of fused-ring (bicyclic) bond motifs is 1. The second kappa shape index (κ2) is 7.67. The molecule has 0 aromatic heterocycles. The molecule has 2 aromatic rings. The van der Waals surface area contributed by atoms with Gasteiger partial charge in [-0.1, -0.05) is 36.4 Å². The molecular weight excluding hydrogens is 449 g/mol. The second-order valence-electron chi connectivity index (χ2n) is 7.75. The molecule has 4 rings (SSSR count). The molecule has 0 fully saturated rings. The molecule has 3 unspecified atom stereocenters. The van der Waals surface area contributed by atoms with Gasteiger partial charge in [0.25, 0.3) is 0 Å². The van der Waals surface area contributed by atoms with Crippen LogP contribution >= 0.6 is 0 Å². The van der Waals surface area contributed by atoms with Crippen LogP contribution in [0.25, 0.3) is 5.57 Å². The van der Waals surface area contributed by atoms with E-state index in [1.165, 1.54) is 0 Å². The molecule has 0 heterocycles. The monoisotopic (exact) mass is 467 g/mol. The molecule has 9 heteroatoms. The number of allylic oxidation sites excluding steroid dienone is 4. The first-order valence-corrected chi connectivity index (χ1v) is 11.1. The van der Waals surface area contributed by atoms with Gasteiger partial charge in [-0.2, -0.15) is 13.2 Å². The van der Waals surface area contributed by atoms with Gasteiger partial charge in [0.2, 0.25) is 10.0 Å². The van der Waals surface area contributed by atoms with Crippen molar-refractivity contribution in [3.8, 4) is 0 Å². The molecule has 0 bridgehead atoms. The van der Waals surface area contributed by atoms with Crippen molar-refractivity contribution >= 4 is 15.6 Å². The highest BCUT2D eigenvalue weighted by Crippen LogP contribution is 2.48. The van der Waals surface area contributed by atoms with Crippen molar-refractivity contribution in [2.75, 3.05) is 0 Å². The van der Waals surface area contributed by atoms with Crippen LogP contribution in [0.5, 0.6) is 0 Å². The SMILES string of the molecule is CC1=CC(C2(F)C=C(F)C=CC2NS(=O)(=O)c2ccc(C(F)(F)F)cc2)c2ccccc21. The molecule has 0 spiro atoms. The van der Waals surface area contributed by atoms with E-state index in [1.807, 2.05) is 0 Å². The fraction of sp³-hybridized carbons (Fsp3) is 0.217. The van der Waals surface area contributed by atoms with Gasteiger partial charge in [-0.05, 0) is 60.0 Å². The van der Waals surface area contributed by atoms with Crippen LogP contribution in [0.2, 0.25) is 0 Å². The third-order valence-electron chi connectivity index (χ3n) is 5.67. The number of sulfonamides is 1. The van der Waals surface area contributed by atoms with Crippen LogP contribution < -0.4 is 4.72 Å². The minimum absolute atomic E-state index is 0.463.